The van der Waals surface area contributed by atoms with Gasteiger partial charge in [0.15, 0.2) is 0 Å². The second kappa shape index (κ2) is 7.42. The second-order valence-corrected chi connectivity index (χ2v) is 7.36. The third-order valence-corrected chi connectivity index (χ3v) is 5.04. The molecule has 0 bridgehead atoms. The fourth-order valence-electron chi connectivity index (χ4n) is 3.37. The lowest BCUT2D eigenvalue weighted by atomic mass is 9.75. The van der Waals surface area contributed by atoms with Crippen LogP contribution in [0, 0.1) is 5.41 Å². The molecule has 1 aromatic rings. The molecule has 0 aliphatic heterocycles. The van der Waals surface area contributed by atoms with E-state index >= 15 is 0 Å². The summed E-state index contributed by atoms with van der Waals surface area (Å²) in [5, 5.41) is 3.45. The molecule has 118 valence electrons. The molecular weight excluding hydrogens is 256 g/mol. The third kappa shape index (κ3) is 4.82. The molecule has 0 aromatic heterocycles. The van der Waals surface area contributed by atoms with Gasteiger partial charge in [0, 0.05) is 19.1 Å². The minimum atomic E-state index is 0.556. The summed E-state index contributed by atoms with van der Waals surface area (Å²) in [6.07, 6.45) is 5.42. The van der Waals surface area contributed by atoms with Gasteiger partial charge in [0.05, 0.1) is 0 Å². The Morgan fingerprint density at radius 1 is 1.14 bits per heavy atom. The Bertz CT molecular complexity index is 429. The van der Waals surface area contributed by atoms with Gasteiger partial charge in [-0.1, -0.05) is 45.0 Å². The van der Waals surface area contributed by atoms with Crippen molar-refractivity contribution in [2.75, 3.05) is 13.6 Å². The first-order valence-electron chi connectivity index (χ1n) is 8.49. The molecule has 0 saturated heterocycles. The lowest BCUT2D eigenvalue weighted by molar-refractivity contribution is 0.123. The zero-order valence-corrected chi connectivity index (χ0v) is 14.3. The monoisotopic (exact) mass is 288 g/mol. The molecule has 1 aliphatic carbocycles. The SMILES string of the molecule is CCNCc1ccccc1CN(C)C1CCC(C)(C)CC1. The molecule has 21 heavy (non-hydrogen) atoms. The Morgan fingerprint density at radius 2 is 1.76 bits per heavy atom. The minimum absolute atomic E-state index is 0.556. The van der Waals surface area contributed by atoms with Crippen LogP contribution in [0.25, 0.3) is 0 Å². The van der Waals surface area contributed by atoms with Gasteiger partial charge in [-0.15, -0.1) is 0 Å². The van der Waals surface area contributed by atoms with Crippen LogP contribution in [0.2, 0.25) is 0 Å². The Hall–Kier alpha value is -0.860. The van der Waals surface area contributed by atoms with Gasteiger partial charge in [-0.25, -0.2) is 0 Å². The highest BCUT2D eigenvalue weighted by atomic mass is 15.1. The van der Waals surface area contributed by atoms with Gasteiger partial charge >= 0.3 is 0 Å². The number of nitrogens with one attached hydrogen (secondary N) is 1. The number of nitrogens with zero attached hydrogens (tertiary/aromatic N) is 1. The summed E-state index contributed by atoms with van der Waals surface area (Å²) in [6.45, 7) is 10.1. The molecule has 1 aliphatic rings. The van der Waals surface area contributed by atoms with E-state index in [0.29, 0.717) is 5.41 Å². The van der Waals surface area contributed by atoms with Crippen molar-refractivity contribution >= 4 is 0 Å². The highest BCUT2D eigenvalue weighted by Gasteiger charge is 2.28. The number of hydrogen-bond donors (Lipinski definition) is 1. The molecule has 2 rings (SSSR count). The van der Waals surface area contributed by atoms with Crippen LogP contribution in [-0.2, 0) is 13.1 Å². The summed E-state index contributed by atoms with van der Waals surface area (Å²) < 4.78 is 0. The smallest absolute Gasteiger partial charge is 0.0236 e. The molecule has 0 unspecified atom stereocenters. The van der Waals surface area contributed by atoms with Gasteiger partial charge in [-0.3, -0.25) is 4.90 Å². The summed E-state index contributed by atoms with van der Waals surface area (Å²) in [5.41, 5.74) is 3.48. The topological polar surface area (TPSA) is 15.3 Å². The van der Waals surface area contributed by atoms with Crippen LogP contribution in [0.5, 0.6) is 0 Å². The van der Waals surface area contributed by atoms with Crippen molar-refractivity contribution in [3.63, 3.8) is 0 Å². The van der Waals surface area contributed by atoms with Crippen LogP contribution in [0.1, 0.15) is 57.6 Å². The minimum Gasteiger partial charge on any atom is -0.313 e. The summed E-state index contributed by atoms with van der Waals surface area (Å²) in [7, 11) is 2.30. The van der Waals surface area contributed by atoms with Crippen LogP contribution in [0.15, 0.2) is 24.3 Å². The summed E-state index contributed by atoms with van der Waals surface area (Å²) >= 11 is 0. The fourth-order valence-corrected chi connectivity index (χ4v) is 3.37. The summed E-state index contributed by atoms with van der Waals surface area (Å²) in [4.78, 5) is 2.57. The highest BCUT2D eigenvalue weighted by Crippen LogP contribution is 2.36. The predicted molar refractivity (Wildman–Crippen MR) is 91.3 cm³/mol. The molecular formula is C19H32N2. The van der Waals surface area contributed by atoms with E-state index in [1.165, 1.54) is 36.8 Å². The van der Waals surface area contributed by atoms with Crippen LogP contribution in [0.3, 0.4) is 0 Å². The summed E-state index contributed by atoms with van der Waals surface area (Å²) in [6, 6.07) is 9.62. The first-order chi connectivity index (χ1) is 10.0. The fraction of sp³-hybridized carbons (Fsp3) is 0.684. The molecule has 1 N–H and O–H groups in total. The molecule has 0 atom stereocenters. The molecule has 0 heterocycles. The zero-order chi connectivity index (χ0) is 15.3. The number of hydrogen-bond acceptors (Lipinski definition) is 2. The number of rotatable bonds is 6. The Kier molecular flexibility index (Phi) is 5.83. The first-order valence-corrected chi connectivity index (χ1v) is 8.49. The lowest BCUT2D eigenvalue weighted by Crippen LogP contribution is -2.37. The van der Waals surface area contributed by atoms with Crippen molar-refractivity contribution in [3.8, 4) is 0 Å². The van der Waals surface area contributed by atoms with Crippen LogP contribution in [0.4, 0.5) is 0 Å². The van der Waals surface area contributed by atoms with E-state index < -0.39 is 0 Å². The maximum absolute atomic E-state index is 3.45. The molecule has 1 aromatic carbocycles. The zero-order valence-electron chi connectivity index (χ0n) is 14.3. The van der Waals surface area contributed by atoms with Gasteiger partial charge < -0.3 is 5.32 Å². The van der Waals surface area contributed by atoms with Crippen molar-refractivity contribution in [2.24, 2.45) is 5.41 Å². The molecule has 2 heteroatoms. The van der Waals surface area contributed by atoms with E-state index in [4.69, 9.17) is 0 Å². The molecule has 0 radical (unpaired) electrons. The average Bonchev–Trinajstić information content (AvgIpc) is 2.46. The van der Waals surface area contributed by atoms with Gasteiger partial charge in [-0.2, -0.15) is 0 Å². The quantitative estimate of drug-likeness (QED) is 0.844. The van der Waals surface area contributed by atoms with E-state index in [1.807, 2.05) is 0 Å². The van der Waals surface area contributed by atoms with Crippen molar-refractivity contribution in [1.29, 1.82) is 0 Å². The Morgan fingerprint density at radius 3 is 2.38 bits per heavy atom. The van der Waals surface area contributed by atoms with Crippen LogP contribution in [-0.4, -0.2) is 24.5 Å². The normalized spacial score (nSPS) is 19.1. The van der Waals surface area contributed by atoms with E-state index in [-0.39, 0.29) is 0 Å². The molecule has 1 saturated carbocycles. The van der Waals surface area contributed by atoms with Crippen molar-refractivity contribution < 1.29 is 0 Å². The lowest BCUT2D eigenvalue weighted by Gasteiger charge is -2.38. The van der Waals surface area contributed by atoms with Gasteiger partial charge in [0.2, 0.25) is 0 Å². The van der Waals surface area contributed by atoms with Crippen LogP contribution < -0.4 is 5.32 Å². The van der Waals surface area contributed by atoms with Gasteiger partial charge in [0.25, 0.3) is 0 Å². The summed E-state index contributed by atoms with van der Waals surface area (Å²) in [5.74, 6) is 0. The van der Waals surface area contributed by atoms with E-state index in [1.54, 1.807) is 0 Å². The number of benzene rings is 1. The van der Waals surface area contributed by atoms with E-state index in [0.717, 1.165) is 25.7 Å². The van der Waals surface area contributed by atoms with Gasteiger partial charge in [-0.05, 0) is 55.8 Å². The maximum atomic E-state index is 3.45. The molecule has 0 spiro atoms. The molecule has 1 fully saturated rings. The van der Waals surface area contributed by atoms with Crippen molar-refractivity contribution in [1.82, 2.24) is 10.2 Å². The van der Waals surface area contributed by atoms with Gasteiger partial charge in [0.1, 0.15) is 0 Å². The van der Waals surface area contributed by atoms with E-state index in [9.17, 15) is 0 Å². The first kappa shape index (κ1) is 16.5. The Balaban J connectivity index is 1.95. The van der Waals surface area contributed by atoms with Crippen molar-refractivity contribution in [2.45, 2.75) is 65.6 Å². The van der Waals surface area contributed by atoms with Crippen LogP contribution >= 0.6 is 0 Å². The largest absolute Gasteiger partial charge is 0.313 e. The standard InChI is InChI=1S/C19H32N2/c1-5-20-14-16-8-6-7-9-17(16)15-21(4)18-10-12-19(2,3)13-11-18/h6-9,18,20H,5,10-15H2,1-4H3. The Labute approximate surface area is 130 Å². The predicted octanol–water partition coefficient (Wildman–Crippen LogP) is 4.20. The third-order valence-electron chi connectivity index (χ3n) is 5.04. The second-order valence-electron chi connectivity index (χ2n) is 7.36. The molecule has 2 nitrogen and oxygen atoms in total. The van der Waals surface area contributed by atoms with E-state index in [2.05, 4.69) is 62.3 Å². The molecule has 0 amide bonds. The average molecular weight is 288 g/mol. The maximum Gasteiger partial charge on any atom is 0.0236 e. The highest BCUT2D eigenvalue weighted by molar-refractivity contribution is 5.27. The van der Waals surface area contributed by atoms with Crippen molar-refractivity contribution in [3.05, 3.63) is 35.4 Å².